The first-order chi connectivity index (χ1) is 8.62. The maximum absolute atomic E-state index is 5.29. The molecule has 18 heavy (non-hydrogen) atoms. The molecule has 0 fully saturated rings. The summed E-state index contributed by atoms with van der Waals surface area (Å²) < 4.78 is 10.5. The monoisotopic (exact) mass is 267 g/mol. The Kier molecular flexibility index (Phi) is 5.38. The molecule has 5 nitrogen and oxygen atoms in total. The maximum Gasteiger partial charge on any atom is 0.186 e. The van der Waals surface area contributed by atoms with E-state index in [1.165, 1.54) is 0 Å². The van der Waals surface area contributed by atoms with Crippen molar-refractivity contribution >= 4 is 23.0 Å². The van der Waals surface area contributed by atoms with Crippen LogP contribution < -0.4 is 20.2 Å². The summed E-state index contributed by atoms with van der Waals surface area (Å²) in [5, 5.41) is 7.41. The second kappa shape index (κ2) is 6.80. The highest BCUT2D eigenvalue weighted by molar-refractivity contribution is 7.80. The van der Waals surface area contributed by atoms with Crippen molar-refractivity contribution in [3.8, 4) is 11.5 Å². The molecule has 2 N–H and O–H groups in total. The van der Waals surface area contributed by atoms with Gasteiger partial charge < -0.3 is 14.8 Å². The molecule has 0 bridgehead atoms. The molecule has 0 atom stereocenters. The quantitative estimate of drug-likeness (QED) is 0.492. The highest BCUT2D eigenvalue weighted by Crippen LogP contribution is 2.24. The average Bonchev–Trinajstić information content (AvgIpc) is 2.43. The zero-order valence-corrected chi connectivity index (χ0v) is 11.7. The predicted molar refractivity (Wildman–Crippen MR) is 76.6 cm³/mol. The van der Waals surface area contributed by atoms with Crippen LogP contribution in [-0.4, -0.2) is 32.1 Å². The third-order valence-electron chi connectivity index (χ3n) is 2.35. The Labute approximate surface area is 112 Å². The molecule has 0 heterocycles. The van der Waals surface area contributed by atoms with Crippen LogP contribution in [0.1, 0.15) is 12.5 Å². The minimum atomic E-state index is 0.455. The van der Waals surface area contributed by atoms with E-state index in [4.69, 9.17) is 21.7 Å². The van der Waals surface area contributed by atoms with Crippen molar-refractivity contribution in [1.82, 2.24) is 10.7 Å². The molecule has 0 amide bonds. The van der Waals surface area contributed by atoms with Gasteiger partial charge in [0, 0.05) is 12.6 Å². The zero-order chi connectivity index (χ0) is 13.5. The van der Waals surface area contributed by atoms with E-state index in [2.05, 4.69) is 15.8 Å². The van der Waals surface area contributed by atoms with Crippen LogP contribution in [0.5, 0.6) is 11.5 Å². The molecule has 0 radical (unpaired) electrons. The van der Waals surface area contributed by atoms with Gasteiger partial charge in [-0.3, -0.25) is 5.43 Å². The summed E-state index contributed by atoms with van der Waals surface area (Å²) >= 11 is 4.95. The van der Waals surface area contributed by atoms with Gasteiger partial charge in [-0.15, -0.1) is 0 Å². The van der Waals surface area contributed by atoms with E-state index >= 15 is 0 Å². The van der Waals surface area contributed by atoms with Crippen molar-refractivity contribution in [2.24, 2.45) is 5.10 Å². The highest BCUT2D eigenvalue weighted by atomic mass is 32.1. The first kappa shape index (κ1) is 14.2. The molecule has 0 aliphatic carbocycles. The molecule has 98 valence electrons. The standard InChI is InChI=1S/C12H17N3O2S/c1-8(14-15-12(18)13-2)10-7-9(16-3)5-6-11(10)17-4/h5-7H,1-4H3,(H2,13,15,18). The van der Waals surface area contributed by atoms with E-state index < -0.39 is 0 Å². The van der Waals surface area contributed by atoms with Crippen LogP contribution in [0.2, 0.25) is 0 Å². The van der Waals surface area contributed by atoms with E-state index in [1.807, 2.05) is 25.1 Å². The molecule has 0 aliphatic heterocycles. The van der Waals surface area contributed by atoms with Crippen molar-refractivity contribution in [2.45, 2.75) is 6.92 Å². The molecule has 1 aromatic carbocycles. The number of nitrogens with one attached hydrogen (secondary N) is 2. The van der Waals surface area contributed by atoms with E-state index in [1.54, 1.807) is 21.3 Å². The fourth-order valence-corrected chi connectivity index (χ4v) is 1.39. The average molecular weight is 267 g/mol. The molecular weight excluding hydrogens is 250 g/mol. The van der Waals surface area contributed by atoms with Gasteiger partial charge in [0.25, 0.3) is 0 Å². The summed E-state index contributed by atoms with van der Waals surface area (Å²) in [6.45, 7) is 1.86. The number of ether oxygens (including phenoxy) is 2. The molecule has 6 heteroatoms. The van der Waals surface area contributed by atoms with Gasteiger partial charge in [-0.05, 0) is 37.3 Å². The predicted octanol–water partition coefficient (Wildman–Crippen LogP) is 1.52. The van der Waals surface area contributed by atoms with Gasteiger partial charge in [-0.25, -0.2) is 0 Å². The smallest absolute Gasteiger partial charge is 0.186 e. The molecule has 0 saturated heterocycles. The van der Waals surface area contributed by atoms with Gasteiger partial charge in [0.1, 0.15) is 11.5 Å². The lowest BCUT2D eigenvalue weighted by Crippen LogP contribution is -2.29. The topological polar surface area (TPSA) is 54.9 Å². The third-order valence-corrected chi connectivity index (χ3v) is 2.64. The first-order valence-electron chi connectivity index (χ1n) is 5.36. The zero-order valence-electron chi connectivity index (χ0n) is 10.9. The number of methoxy groups -OCH3 is 2. The number of benzene rings is 1. The Morgan fingerprint density at radius 2 is 2.00 bits per heavy atom. The molecule has 0 aromatic heterocycles. The van der Waals surface area contributed by atoms with E-state index in [9.17, 15) is 0 Å². The van der Waals surface area contributed by atoms with E-state index in [0.29, 0.717) is 5.11 Å². The highest BCUT2D eigenvalue weighted by Gasteiger charge is 2.08. The lowest BCUT2D eigenvalue weighted by atomic mass is 10.1. The van der Waals surface area contributed by atoms with Crippen molar-refractivity contribution in [2.75, 3.05) is 21.3 Å². The Bertz CT molecular complexity index is 461. The van der Waals surface area contributed by atoms with Crippen LogP contribution in [0.25, 0.3) is 0 Å². The Balaban J connectivity index is 3.02. The summed E-state index contributed by atoms with van der Waals surface area (Å²) in [6.07, 6.45) is 0. The van der Waals surface area contributed by atoms with Gasteiger partial charge >= 0.3 is 0 Å². The molecule has 0 aliphatic rings. The minimum Gasteiger partial charge on any atom is -0.497 e. The van der Waals surface area contributed by atoms with Crippen molar-refractivity contribution in [3.63, 3.8) is 0 Å². The molecule has 1 aromatic rings. The maximum atomic E-state index is 5.29. The number of rotatable bonds is 4. The number of thiocarbonyl (C=S) groups is 1. The Hall–Kier alpha value is -1.82. The summed E-state index contributed by atoms with van der Waals surface area (Å²) in [7, 11) is 4.96. The Morgan fingerprint density at radius 1 is 1.28 bits per heavy atom. The Morgan fingerprint density at radius 3 is 2.56 bits per heavy atom. The lowest BCUT2D eigenvalue weighted by molar-refractivity contribution is 0.402. The van der Waals surface area contributed by atoms with Gasteiger partial charge in [-0.2, -0.15) is 5.10 Å². The third kappa shape index (κ3) is 3.59. The van der Waals surface area contributed by atoms with Crippen LogP contribution in [-0.2, 0) is 0 Å². The molecule has 0 spiro atoms. The van der Waals surface area contributed by atoms with Crippen LogP contribution in [0.15, 0.2) is 23.3 Å². The largest absolute Gasteiger partial charge is 0.497 e. The normalized spacial score (nSPS) is 10.8. The van der Waals surface area contributed by atoms with Gasteiger partial charge in [0.15, 0.2) is 5.11 Å². The lowest BCUT2D eigenvalue weighted by Gasteiger charge is -2.10. The molecular formula is C12H17N3O2S. The minimum absolute atomic E-state index is 0.455. The van der Waals surface area contributed by atoms with Crippen LogP contribution >= 0.6 is 12.2 Å². The van der Waals surface area contributed by atoms with Crippen molar-refractivity contribution in [3.05, 3.63) is 23.8 Å². The fourth-order valence-electron chi connectivity index (χ4n) is 1.35. The number of hydrazone groups is 1. The first-order valence-corrected chi connectivity index (χ1v) is 5.77. The van der Waals surface area contributed by atoms with Gasteiger partial charge in [0.05, 0.1) is 19.9 Å². The van der Waals surface area contributed by atoms with Gasteiger partial charge in [0.2, 0.25) is 0 Å². The van der Waals surface area contributed by atoms with E-state index in [0.717, 1.165) is 22.8 Å². The van der Waals surface area contributed by atoms with E-state index in [-0.39, 0.29) is 0 Å². The number of nitrogens with zero attached hydrogens (tertiary/aromatic N) is 1. The van der Waals surface area contributed by atoms with Gasteiger partial charge in [-0.1, -0.05) is 0 Å². The SMILES string of the molecule is CNC(=S)NN=C(C)c1cc(OC)ccc1OC. The summed E-state index contributed by atoms with van der Waals surface area (Å²) in [5.41, 5.74) is 4.33. The molecule has 0 saturated carbocycles. The second-order valence-corrected chi connectivity index (χ2v) is 3.86. The van der Waals surface area contributed by atoms with Crippen molar-refractivity contribution in [1.29, 1.82) is 0 Å². The summed E-state index contributed by atoms with van der Waals surface area (Å²) in [5.74, 6) is 1.48. The molecule has 1 rings (SSSR count). The number of hydrogen-bond acceptors (Lipinski definition) is 4. The second-order valence-electron chi connectivity index (χ2n) is 3.45. The summed E-state index contributed by atoms with van der Waals surface area (Å²) in [4.78, 5) is 0. The van der Waals surface area contributed by atoms with Crippen LogP contribution in [0.4, 0.5) is 0 Å². The van der Waals surface area contributed by atoms with Crippen LogP contribution in [0.3, 0.4) is 0 Å². The fraction of sp³-hybridized carbons (Fsp3) is 0.333. The molecule has 0 unspecified atom stereocenters. The van der Waals surface area contributed by atoms with Crippen molar-refractivity contribution < 1.29 is 9.47 Å². The number of hydrogen-bond donors (Lipinski definition) is 2. The van der Waals surface area contributed by atoms with Crippen LogP contribution in [0, 0.1) is 0 Å². The summed E-state index contributed by atoms with van der Waals surface area (Å²) in [6, 6.07) is 5.53.